The molecule has 0 radical (unpaired) electrons. The van der Waals surface area contributed by atoms with Gasteiger partial charge in [-0.05, 0) is 30.5 Å². The molecule has 1 amide bonds. The smallest absolute Gasteiger partial charge is 0.319 e. The maximum absolute atomic E-state index is 12.9. The lowest BCUT2D eigenvalue weighted by molar-refractivity contribution is -0.162. The molecule has 0 atom stereocenters. The van der Waals surface area contributed by atoms with Gasteiger partial charge in [0.2, 0.25) is 5.91 Å². The summed E-state index contributed by atoms with van der Waals surface area (Å²) in [6, 6.07) is 5.86. The monoisotopic (exact) mass is 251 g/mol. The van der Waals surface area contributed by atoms with Gasteiger partial charge in [-0.25, -0.2) is 4.39 Å². The van der Waals surface area contributed by atoms with Crippen molar-refractivity contribution >= 4 is 11.9 Å². The summed E-state index contributed by atoms with van der Waals surface area (Å²) >= 11 is 0. The van der Waals surface area contributed by atoms with Crippen molar-refractivity contribution in [3.8, 4) is 0 Å². The minimum absolute atomic E-state index is 0.144. The third-order valence-corrected chi connectivity index (χ3v) is 3.39. The summed E-state index contributed by atoms with van der Waals surface area (Å²) in [6.45, 7) is 0.144. The van der Waals surface area contributed by atoms with Crippen LogP contribution in [-0.2, 0) is 16.1 Å². The van der Waals surface area contributed by atoms with E-state index >= 15 is 0 Å². The number of carboxylic acids is 1. The van der Waals surface area contributed by atoms with E-state index in [1.165, 1.54) is 12.1 Å². The summed E-state index contributed by atoms with van der Waals surface area (Å²) in [6.07, 6.45) is 1.49. The van der Waals surface area contributed by atoms with Gasteiger partial charge in [-0.3, -0.25) is 9.59 Å². The Balaban J connectivity index is 1.98. The first kappa shape index (κ1) is 12.5. The quantitative estimate of drug-likeness (QED) is 0.800. The summed E-state index contributed by atoms with van der Waals surface area (Å²) in [5.41, 5.74) is -0.656. The number of halogens is 1. The molecule has 1 aliphatic rings. The molecule has 1 aromatic carbocycles. The molecule has 1 saturated carbocycles. The van der Waals surface area contributed by atoms with Gasteiger partial charge in [0.1, 0.15) is 11.2 Å². The Morgan fingerprint density at radius 2 is 2.11 bits per heavy atom. The summed E-state index contributed by atoms with van der Waals surface area (Å²) in [5, 5.41) is 11.6. The van der Waals surface area contributed by atoms with Gasteiger partial charge in [0, 0.05) is 6.54 Å². The van der Waals surface area contributed by atoms with Crippen LogP contribution >= 0.6 is 0 Å². The number of hydrogen-bond donors (Lipinski definition) is 2. The summed E-state index contributed by atoms with van der Waals surface area (Å²) in [5.74, 6) is -1.94. The third kappa shape index (κ3) is 2.20. The lowest BCUT2D eigenvalue weighted by Crippen LogP contribution is -2.50. The molecule has 0 heterocycles. The van der Waals surface area contributed by atoms with Crippen LogP contribution in [0, 0.1) is 11.2 Å². The molecule has 0 aromatic heterocycles. The van der Waals surface area contributed by atoms with E-state index in [0.29, 0.717) is 18.4 Å². The lowest BCUT2D eigenvalue weighted by atomic mass is 9.68. The molecule has 0 spiro atoms. The predicted octanol–water partition coefficient (Wildman–Crippen LogP) is 1.70. The molecule has 1 aromatic rings. The van der Waals surface area contributed by atoms with Crippen LogP contribution in [0.2, 0.25) is 0 Å². The third-order valence-electron chi connectivity index (χ3n) is 3.39. The molecule has 0 aliphatic heterocycles. The van der Waals surface area contributed by atoms with Gasteiger partial charge in [-0.2, -0.15) is 0 Å². The standard InChI is InChI=1S/C13H14FNO3/c14-10-4-1-3-9(7-10)8-15-11(16)13(12(17)18)5-2-6-13/h1,3-4,7H,2,5-6,8H2,(H,15,16)(H,17,18). The summed E-state index contributed by atoms with van der Waals surface area (Å²) in [7, 11) is 0. The number of amides is 1. The van der Waals surface area contributed by atoms with Gasteiger partial charge in [0.05, 0.1) is 0 Å². The number of carbonyl (C=O) groups is 2. The van der Waals surface area contributed by atoms with Crippen molar-refractivity contribution in [3.05, 3.63) is 35.6 Å². The van der Waals surface area contributed by atoms with E-state index in [1.807, 2.05) is 0 Å². The number of hydrogen-bond acceptors (Lipinski definition) is 2. The number of rotatable bonds is 4. The first-order valence-electron chi connectivity index (χ1n) is 5.81. The Morgan fingerprint density at radius 1 is 1.39 bits per heavy atom. The second kappa shape index (κ2) is 4.76. The molecule has 4 nitrogen and oxygen atoms in total. The van der Waals surface area contributed by atoms with E-state index in [4.69, 9.17) is 5.11 Å². The van der Waals surface area contributed by atoms with Gasteiger partial charge in [0.25, 0.3) is 0 Å². The number of nitrogens with one attached hydrogen (secondary N) is 1. The van der Waals surface area contributed by atoms with Gasteiger partial charge in [-0.1, -0.05) is 18.6 Å². The van der Waals surface area contributed by atoms with Crippen LogP contribution in [0.4, 0.5) is 4.39 Å². The molecule has 0 bridgehead atoms. The fraction of sp³-hybridized carbons (Fsp3) is 0.385. The molecule has 96 valence electrons. The van der Waals surface area contributed by atoms with Gasteiger partial charge in [-0.15, -0.1) is 0 Å². The molecule has 1 aliphatic carbocycles. The van der Waals surface area contributed by atoms with E-state index < -0.39 is 17.3 Å². The molecule has 5 heteroatoms. The van der Waals surface area contributed by atoms with Gasteiger partial charge in [0.15, 0.2) is 0 Å². The zero-order valence-corrected chi connectivity index (χ0v) is 9.78. The van der Waals surface area contributed by atoms with Crippen LogP contribution in [-0.4, -0.2) is 17.0 Å². The zero-order valence-electron chi connectivity index (χ0n) is 9.78. The average Bonchev–Trinajstić information content (AvgIpc) is 2.24. The Morgan fingerprint density at radius 3 is 2.61 bits per heavy atom. The van der Waals surface area contributed by atoms with Crippen LogP contribution in [0.25, 0.3) is 0 Å². The normalized spacial score (nSPS) is 16.7. The minimum Gasteiger partial charge on any atom is -0.480 e. The largest absolute Gasteiger partial charge is 0.480 e. The van der Waals surface area contributed by atoms with E-state index in [0.717, 1.165) is 6.42 Å². The van der Waals surface area contributed by atoms with Crippen molar-refractivity contribution in [1.29, 1.82) is 0 Å². The highest BCUT2D eigenvalue weighted by molar-refractivity contribution is 6.02. The van der Waals surface area contributed by atoms with Crippen molar-refractivity contribution in [2.24, 2.45) is 5.41 Å². The highest BCUT2D eigenvalue weighted by Crippen LogP contribution is 2.41. The molecule has 1 fully saturated rings. The Labute approximate surface area is 104 Å². The van der Waals surface area contributed by atoms with Crippen molar-refractivity contribution in [2.45, 2.75) is 25.8 Å². The molecule has 2 rings (SSSR count). The van der Waals surface area contributed by atoms with E-state index in [1.54, 1.807) is 12.1 Å². The zero-order chi connectivity index (χ0) is 13.2. The number of carbonyl (C=O) groups excluding carboxylic acids is 1. The second-order valence-electron chi connectivity index (χ2n) is 4.55. The van der Waals surface area contributed by atoms with Crippen molar-refractivity contribution in [2.75, 3.05) is 0 Å². The van der Waals surface area contributed by atoms with Crippen LogP contribution in [0.15, 0.2) is 24.3 Å². The Hall–Kier alpha value is -1.91. The number of aliphatic carboxylic acids is 1. The van der Waals surface area contributed by atoms with Crippen molar-refractivity contribution in [1.82, 2.24) is 5.32 Å². The maximum Gasteiger partial charge on any atom is 0.319 e. The van der Waals surface area contributed by atoms with E-state index in [2.05, 4.69) is 5.32 Å². The fourth-order valence-electron chi connectivity index (χ4n) is 2.07. The van der Waals surface area contributed by atoms with Gasteiger partial charge < -0.3 is 10.4 Å². The topological polar surface area (TPSA) is 66.4 Å². The molecular formula is C13H14FNO3. The first-order valence-corrected chi connectivity index (χ1v) is 5.81. The second-order valence-corrected chi connectivity index (χ2v) is 4.55. The number of carboxylic acid groups (broad SMARTS) is 1. The molecular weight excluding hydrogens is 237 g/mol. The minimum atomic E-state index is -1.27. The molecule has 18 heavy (non-hydrogen) atoms. The molecule has 2 N–H and O–H groups in total. The Kier molecular flexibility index (Phi) is 3.32. The lowest BCUT2D eigenvalue weighted by Gasteiger charge is -2.35. The van der Waals surface area contributed by atoms with E-state index in [-0.39, 0.29) is 12.4 Å². The van der Waals surface area contributed by atoms with E-state index in [9.17, 15) is 14.0 Å². The highest BCUT2D eigenvalue weighted by Gasteiger charge is 2.50. The maximum atomic E-state index is 12.9. The highest BCUT2D eigenvalue weighted by atomic mass is 19.1. The van der Waals surface area contributed by atoms with Crippen molar-refractivity contribution < 1.29 is 19.1 Å². The van der Waals surface area contributed by atoms with Gasteiger partial charge >= 0.3 is 5.97 Å². The fourth-order valence-corrected chi connectivity index (χ4v) is 2.07. The van der Waals surface area contributed by atoms with Crippen LogP contribution in [0.3, 0.4) is 0 Å². The SMILES string of the molecule is O=C(O)C1(C(=O)NCc2cccc(F)c2)CCC1. The molecule has 0 unspecified atom stereocenters. The van der Waals surface area contributed by atoms with Crippen LogP contribution in [0.1, 0.15) is 24.8 Å². The van der Waals surface area contributed by atoms with Crippen LogP contribution < -0.4 is 5.32 Å². The predicted molar refractivity (Wildman–Crippen MR) is 62.2 cm³/mol. The summed E-state index contributed by atoms with van der Waals surface area (Å²) in [4.78, 5) is 23.0. The summed E-state index contributed by atoms with van der Waals surface area (Å²) < 4.78 is 12.9. The van der Waals surface area contributed by atoms with Crippen LogP contribution in [0.5, 0.6) is 0 Å². The molecule has 0 saturated heterocycles. The first-order chi connectivity index (χ1) is 8.54. The Bertz CT molecular complexity index is 483. The van der Waals surface area contributed by atoms with Crippen molar-refractivity contribution in [3.63, 3.8) is 0 Å². The average molecular weight is 251 g/mol. The number of benzene rings is 1.